The maximum atomic E-state index is 9.80. The Labute approximate surface area is 125 Å². The van der Waals surface area contributed by atoms with E-state index in [-0.39, 0.29) is 12.6 Å². The van der Waals surface area contributed by atoms with Crippen molar-refractivity contribution in [1.29, 1.82) is 0 Å². The van der Waals surface area contributed by atoms with Crippen molar-refractivity contribution in [3.05, 3.63) is 42.0 Å². The molecule has 4 nitrogen and oxygen atoms in total. The van der Waals surface area contributed by atoms with E-state index in [1.165, 1.54) is 10.9 Å². The first-order valence-electron chi connectivity index (χ1n) is 7.45. The minimum atomic E-state index is 0.0820. The molecule has 2 aromatic rings. The number of nitrogens with one attached hydrogen (secondary N) is 1. The van der Waals surface area contributed by atoms with Gasteiger partial charge in [-0.05, 0) is 34.5 Å². The van der Waals surface area contributed by atoms with Gasteiger partial charge in [-0.3, -0.25) is 4.90 Å². The van der Waals surface area contributed by atoms with Gasteiger partial charge in [-0.2, -0.15) is 0 Å². The van der Waals surface area contributed by atoms with Crippen molar-refractivity contribution < 1.29 is 9.84 Å². The predicted octanol–water partition coefficient (Wildman–Crippen LogP) is 1.79. The molecule has 112 valence electrons. The molecule has 1 saturated heterocycles. The summed E-state index contributed by atoms with van der Waals surface area (Å²) in [6, 6.07) is 12.6. The monoisotopic (exact) mass is 286 g/mol. The van der Waals surface area contributed by atoms with E-state index in [2.05, 4.69) is 34.5 Å². The largest absolute Gasteiger partial charge is 0.497 e. The summed E-state index contributed by atoms with van der Waals surface area (Å²) in [4.78, 5) is 2.35. The van der Waals surface area contributed by atoms with Gasteiger partial charge in [-0.15, -0.1) is 0 Å². The number of aliphatic hydroxyl groups is 1. The molecule has 2 N–H and O–H groups in total. The Bertz CT molecular complexity index is 609. The minimum Gasteiger partial charge on any atom is -0.497 e. The summed E-state index contributed by atoms with van der Waals surface area (Å²) in [5, 5.41) is 15.5. The lowest BCUT2D eigenvalue weighted by atomic mass is 10.0. The number of nitrogens with zero attached hydrogens (tertiary/aromatic N) is 1. The molecule has 0 amide bonds. The van der Waals surface area contributed by atoms with Gasteiger partial charge in [0.05, 0.1) is 19.8 Å². The third-order valence-corrected chi connectivity index (χ3v) is 4.22. The molecular weight excluding hydrogens is 264 g/mol. The highest BCUT2D eigenvalue weighted by atomic mass is 16.5. The fraction of sp³-hybridized carbons (Fsp3) is 0.412. The molecule has 21 heavy (non-hydrogen) atoms. The van der Waals surface area contributed by atoms with E-state index in [0.29, 0.717) is 0 Å². The zero-order valence-corrected chi connectivity index (χ0v) is 12.4. The molecule has 2 aromatic carbocycles. The molecule has 1 atom stereocenters. The summed E-state index contributed by atoms with van der Waals surface area (Å²) in [6.07, 6.45) is 0. The topological polar surface area (TPSA) is 44.7 Å². The molecule has 1 aliphatic rings. The van der Waals surface area contributed by atoms with Gasteiger partial charge in [0, 0.05) is 26.2 Å². The number of ether oxygens (including phenoxy) is 1. The second-order valence-electron chi connectivity index (χ2n) is 5.46. The summed E-state index contributed by atoms with van der Waals surface area (Å²) in [5.41, 5.74) is 1.18. The van der Waals surface area contributed by atoms with Crippen LogP contribution < -0.4 is 10.1 Å². The van der Waals surface area contributed by atoms with E-state index in [0.717, 1.165) is 37.3 Å². The average molecular weight is 286 g/mol. The Morgan fingerprint density at radius 1 is 1.14 bits per heavy atom. The number of fused-ring (bicyclic) bond motifs is 1. The number of hydrogen-bond donors (Lipinski definition) is 2. The summed E-state index contributed by atoms with van der Waals surface area (Å²) in [7, 11) is 1.68. The highest BCUT2D eigenvalue weighted by Crippen LogP contribution is 2.27. The molecule has 1 fully saturated rings. The molecule has 0 saturated carbocycles. The second-order valence-corrected chi connectivity index (χ2v) is 5.46. The van der Waals surface area contributed by atoms with E-state index in [1.54, 1.807) is 7.11 Å². The Hall–Kier alpha value is -1.62. The zero-order chi connectivity index (χ0) is 14.7. The van der Waals surface area contributed by atoms with Gasteiger partial charge in [0.15, 0.2) is 0 Å². The van der Waals surface area contributed by atoms with Crippen LogP contribution in [0.15, 0.2) is 36.4 Å². The molecule has 0 spiro atoms. The quantitative estimate of drug-likeness (QED) is 0.899. The van der Waals surface area contributed by atoms with Gasteiger partial charge in [0.2, 0.25) is 0 Å². The van der Waals surface area contributed by atoms with Crippen LogP contribution in [0.5, 0.6) is 5.75 Å². The number of hydrogen-bond acceptors (Lipinski definition) is 4. The standard InChI is InChI=1S/C17H22N2O2/c1-21-16-5-4-13-10-15(3-2-14(13)11-16)17(12-20)19-8-6-18-7-9-19/h2-5,10-11,17-18,20H,6-9,12H2,1H3/t17-/m1/s1. The van der Waals surface area contributed by atoms with Crippen LogP contribution in [-0.2, 0) is 0 Å². The maximum Gasteiger partial charge on any atom is 0.119 e. The normalized spacial score (nSPS) is 17.8. The van der Waals surface area contributed by atoms with Crippen LogP contribution in [0.4, 0.5) is 0 Å². The molecule has 1 heterocycles. The molecule has 0 radical (unpaired) electrons. The molecule has 1 aliphatic heterocycles. The SMILES string of the molecule is COc1ccc2cc([C@@H](CO)N3CCNCC3)ccc2c1. The maximum absolute atomic E-state index is 9.80. The van der Waals surface area contributed by atoms with Crippen molar-refractivity contribution in [2.45, 2.75) is 6.04 Å². The predicted molar refractivity (Wildman–Crippen MR) is 84.8 cm³/mol. The Kier molecular flexibility index (Phi) is 4.39. The third-order valence-electron chi connectivity index (χ3n) is 4.22. The minimum absolute atomic E-state index is 0.0820. The summed E-state index contributed by atoms with van der Waals surface area (Å²) in [6.45, 7) is 4.09. The summed E-state index contributed by atoms with van der Waals surface area (Å²) >= 11 is 0. The van der Waals surface area contributed by atoms with Gasteiger partial charge in [0.1, 0.15) is 5.75 Å². The number of rotatable bonds is 4. The van der Waals surface area contributed by atoms with Gasteiger partial charge < -0.3 is 15.2 Å². The van der Waals surface area contributed by atoms with Crippen molar-refractivity contribution in [3.8, 4) is 5.75 Å². The lowest BCUT2D eigenvalue weighted by Crippen LogP contribution is -2.46. The van der Waals surface area contributed by atoms with E-state index >= 15 is 0 Å². The van der Waals surface area contributed by atoms with Crippen molar-refractivity contribution in [3.63, 3.8) is 0 Å². The van der Waals surface area contributed by atoms with Gasteiger partial charge in [-0.1, -0.05) is 18.2 Å². The number of piperazine rings is 1. The Morgan fingerprint density at radius 2 is 1.86 bits per heavy atom. The third kappa shape index (κ3) is 3.02. The van der Waals surface area contributed by atoms with Crippen LogP contribution in [0.3, 0.4) is 0 Å². The molecule has 0 bridgehead atoms. The lowest BCUT2D eigenvalue weighted by molar-refractivity contribution is 0.111. The molecule has 4 heteroatoms. The van der Waals surface area contributed by atoms with E-state index in [9.17, 15) is 5.11 Å². The van der Waals surface area contributed by atoms with Crippen LogP contribution in [0.25, 0.3) is 10.8 Å². The second kappa shape index (κ2) is 6.43. The van der Waals surface area contributed by atoms with Crippen LogP contribution in [0, 0.1) is 0 Å². The van der Waals surface area contributed by atoms with E-state index < -0.39 is 0 Å². The van der Waals surface area contributed by atoms with Gasteiger partial charge >= 0.3 is 0 Å². The molecular formula is C17H22N2O2. The van der Waals surface area contributed by atoms with Gasteiger partial charge in [0.25, 0.3) is 0 Å². The number of aliphatic hydroxyl groups excluding tert-OH is 1. The number of methoxy groups -OCH3 is 1. The summed E-state index contributed by atoms with van der Waals surface area (Å²) in [5.74, 6) is 0.871. The smallest absolute Gasteiger partial charge is 0.119 e. The highest BCUT2D eigenvalue weighted by Gasteiger charge is 2.21. The summed E-state index contributed by atoms with van der Waals surface area (Å²) < 4.78 is 5.26. The first kappa shape index (κ1) is 14.3. The van der Waals surface area contributed by atoms with Crippen molar-refractivity contribution >= 4 is 10.8 Å². The average Bonchev–Trinajstić information content (AvgIpc) is 2.56. The van der Waals surface area contributed by atoms with Crippen molar-refractivity contribution in [2.75, 3.05) is 39.9 Å². The van der Waals surface area contributed by atoms with Crippen LogP contribution in [-0.4, -0.2) is 49.9 Å². The first-order valence-corrected chi connectivity index (χ1v) is 7.45. The fourth-order valence-electron chi connectivity index (χ4n) is 3.00. The lowest BCUT2D eigenvalue weighted by Gasteiger charge is -2.34. The van der Waals surface area contributed by atoms with Gasteiger partial charge in [-0.25, -0.2) is 0 Å². The Morgan fingerprint density at radius 3 is 2.57 bits per heavy atom. The zero-order valence-electron chi connectivity index (χ0n) is 12.4. The van der Waals surface area contributed by atoms with Crippen LogP contribution >= 0.6 is 0 Å². The van der Waals surface area contributed by atoms with Crippen molar-refractivity contribution in [1.82, 2.24) is 10.2 Å². The molecule has 3 rings (SSSR count). The van der Waals surface area contributed by atoms with Crippen molar-refractivity contribution in [2.24, 2.45) is 0 Å². The molecule has 0 aliphatic carbocycles. The first-order chi connectivity index (χ1) is 10.3. The number of benzene rings is 2. The molecule has 0 aromatic heterocycles. The Balaban J connectivity index is 1.91. The van der Waals surface area contributed by atoms with E-state index in [1.807, 2.05) is 12.1 Å². The van der Waals surface area contributed by atoms with E-state index in [4.69, 9.17) is 4.74 Å². The molecule has 0 unspecified atom stereocenters. The van der Waals surface area contributed by atoms with Crippen LogP contribution in [0.2, 0.25) is 0 Å². The van der Waals surface area contributed by atoms with Crippen LogP contribution in [0.1, 0.15) is 11.6 Å². The highest BCUT2D eigenvalue weighted by molar-refractivity contribution is 5.84. The fourth-order valence-corrected chi connectivity index (χ4v) is 3.00.